The van der Waals surface area contributed by atoms with E-state index in [0.29, 0.717) is 11.7 Å². The van der Waals surface area contributed by atoms with E-state index in [-0.39, 0.29) is 6.61 Å². The average Bonchev–Trinajstić information content (AvgIpc) is 3.10. The molecule has 0 aliphatic carbocycles. The molecule has 4 nitrogen and oxygen atoms in total. The molecule has 0 amide bonds. The van der Waals surface area contributed by atoms with Crippen LogP contribution in [0.4, 0.5) is 0 Å². The highest BCUT2D eigenvalue weighted by Gasteiger charge is 2.09. The van der Waals surface area contributed by atoms with Crippen LogP contribution in [-0.4, -0.2) is 10.1 Å². The van der Waals surface area contributed by atoms with Gasteiger partial charge in [0.2, 0.25) is 5.82 Å². The number of rotatable bonds is 4. The van der Waals surface area contributed by atoms with Gasteiger partial charge in [0, 0.05) is 10.9 Å². The number of ether oxygens (including phenoxy) is 1. The number of nitrogens with zero attached hydrogens (tertiary/aromatic N) is 2. The molecule has 4 rings (SSSR count). The molecule has 23 heavy (non-hydrogen) atoms. The molecule has 0 aliphatic rings. The second-order valence-electron chi connectivity index (χ2n) is 5.15. The van der Waals surface area contributed by atoms with E-state index in [9.17, 15) is 0 Å². The largest absolute Gasteiger partial charge is 0.485 e. The summed E-state index contributed by atoms with van der Waals surface area (Å²) in [5, 5.41) is 6.19. The van der Waals surface area contributed by atoms with Crippen molar-refractivity contribution in [3.63, 3.8) is 0 Å². The Morgan fingerprint density at radius 2 is 1.61 bits per heavy atom. The molecule has 0 fully saturated rings. The lowest BCUT2D eigenvalue weighted by Gasteiger charge is -2.07. The Morgan fingerprint density at radius 1 is 0.826 bits per heavy atom. The van der Waals surface area contributed by atoms with Crippen LogP contribution in [0.1, 0.15) is 5.82 Å². The van der Waals surface area contributed by atoms with Crippen molar-refractivity contribution in [2.75, 3.05) is 0 Å². The van der Waals surface area contributed by atoms with Gasteiger partial charge in [0.05, 0.1) is 0 Å². The lowest BCUT2D eigenvalue weighted by atomic mass is 10.1. The molecule has 4 aromatic rings. The van der Waals surface area contributed by atoms with Crippen molar-refractivity contribution in [3.05, 3.63) is 78.6 Å². The van der Waals surface area contributed by atoms with Crippen LogP contribution >= 0.6 is 0 Å². The second-order valence-corrected chi connectivity index (χ2v) is 5.15. The monoisotopic (exact) mass is 302 g/mol. The number of hydrogen-bond donors (Lipinski definition) is 0. The topological polar surface area (TPSA) is 48.2 Å². The van der Waals surface area contributed by atoms with Gasteiger partial charge in [-0.15, -0.1) is 0 Å². The van der Waals surface area contributed by atoms with E-state index in [1.165, 1.54) is 0 Å². The molecular weight excluding hydrogens is 288 g/mol. The number of fused-ring (bicyclic) bond motifs is 1. The van der Waals surface area contributed by atoms with Gasteiger partial charge in [-0.1, -0.05) is 59.8 Å². The molecule has 0 aliphatic heterocycles. The lowest BCUT2D eigenvalue weighted by molar-refractivity contribution is 0.290. The molecule has 4 heteroatoms. The van der Waals surface area contributed by atoms with Gasteiger partial charge in [0.25, 0.3) is 5.89 Å². The zero-order valence-corrected chi connectivity index (χ0v) is 12.3. The Kier molecular flexibility index (Phi) is 3.48. The molecular formula is C19H14N2O2. The Bertz CT molecular complexity index is 927. The van der Waals surface area contributed by atoms with Crippen LogP contribution in [-0.2, 0) is 6.61 Å². The van der Waals surface area contributed by atoms with E-state index in [2.05, 4.69) is 22.3 Å². The highest BCUT2D eigenvalue weighted by atomic mass is 16.5. The summed E-state index contributed by atoms with van der Waals surface area (Å²) < 4.78 is 11.2. The summed E-state index contributed by atoms with van der Waals surface area (Å²) in [6.07, 6.45) is 0. The van der Waals surface area contributed by atoms with Crippen LogP contribution in [0.3, 0.4) is 0 Å². The zero-order chi connectivity index (χ0) is 15.5. The first kappa shape index (κ1) is 13.5. The van der Waals surface area contributed by atoms with Crippen molar-refractivity contribution < 1.29 is 9.26 Å². The summed E-state index contributed by atoms with van der Waals surface area (Å²) in [6, 6.07) is 23.8. The van der Waals surface area contributed by atoms with Gasteiger partial charge in [0.1, 0.15) is 5.75 Å². The fraction of sp³-hybridized carbons (Fsp3) is 0.0526. The number of hydrogen-bond acceptors (Lipinski definition) is 4. The SMILES string of the molecule is c1ccc(-c2nc(COc3cccc4ccccc34)no2)cc1. The third kappa shape index (κ3) is 2.79. The zero-order valence-electron chi connectivity index (χ0n) is 12.3. The molecule has 0 atom stereocenters. The van der Waals surface area contributed by atoms with E-state index in [4.69, 9.17) is 9.26 Å². The smallest absolute Gasteiger partial charge is 0.258 e. The Hall–Kier alpha value is -3.14. The molecule has 0 saturated heterocycles. The minimum Gasteiger partial charge on any atom is -0.485 e. The summed E-state index contributed by atoms with van der Waals surface area (Å²) in [7, 11) is 0. The van der Waals surface area contributed by atoms with Crippen LogP contribution in [0, 0.1) is 0 Å². The van der Waals surface area contributed by atoms with E-state index in [1.54, 1.807) is 0 Å². The van der Waals surface area contributed by atoms with Crippen molar-refractivity contribution in [3.8, 4) is 17.2 Å². The molecule has 112 valence electrons. The molecule has 0 N–H and O–H groups in total. The summed E-state index contributed by atoms with van der Waals surface area (Å²) in [5.41, 5.74) is 0.899. The minimum absolute atomic E-state index is 0.268. The van der Waals surface area contributed by atoms with Gasteiger partial charge in [-0.05, 0) is 23.6 Å². The Balaban J connectivity index is 1.54. The third-order valence-electron chi connectivity index (χ3n) is 3.60. The van der Waals surface area contributed by atoms with E-state index in [0.717, 1.165) is 22.1 Å². The first-order chi connectivity index (χ1) is 11.4. The van der Waals surface area contributed by atoms with E-state index >= 15 is 0 Å². The second kappa shape index (κ2) is 5.93. The fourth-order valence-corrected chi connectivity index (χ4v) is 2.47. The predicted molar refractivity (Wildman–Crippen MR) is 88.0 cm³/mol. The average molecular weight is 302 g/mol. The van der Waals surface area contributed by atoms with Gasteiger partial charge in [-0.25, -0.2) is 0 Å². The molecule has 0 radical (unpaired) electrons. The molecule has 1 aromatic heterocycles. The van der Waals surface area contributed by atoms with E-state index < -0.39 is 0 Å². The summed E-state index contributed by atoms with van der Waals surface area (Å²) in [4.78, 5) is 4.37. The Morgan fingerprint density at radius 3 is 2.52 bits per heavy atom. The van der Waals surface area contributed by atoms with Crippen LogP contribution in [0.15, 0.2) is 77.3 Å². The predicted octanol–water partition coefficient (Wildman–Crippen LogP) is 4.47. The molecule has 3 aromatic carbocycles. The van der Waals surface area contributed by atoms with Gasteiger partial charge in [-0.3, -0.25) is 0 Å². The highest BCUT2D eigenvalue weighted by Crippen LogP contribution is 2.26. The fourth-order valence-electron chi connectivity index (χ4n) is 2.47. The standard InChI is InChI=1S/C19H14N2O2/c1-2-8-15(9-3-1)19-20-18(21-23-19)13-22-17-12-6-10-14-7-4-5-11-16(14)17/h1-12H,13H2. The Labute approximate surface area is 133 Å². The van der Waals surface area contributed by atoms with Crippen molar-refractivity contribution >= 4 is 10.8 Å². The lowest BCUT2D eigenvalue weighted by Crippen LogP contribution is -1.98. The van der Waals surface area contributed by atoms with Crippen LogP contribution in [0.25, 0.3) is 22.2 Å². The molecule has 0 unspecified atom stereocenters. The van der Waals surface area contributed by atoms with Gasteiger partial charge in [0.15, 0.2) is 6.61 Å². The highest BCUT2D eigenvalue weighted by molar-refractivity contribution is 5.88. The van der Waals surface area contributed by atoms with E-state index in [1.807, 2.05) is 60.7 Å². The van der Waals surface area contributed by atoms with Crippen molar-refractivity contribution in [2.24, 2.45) is 0 Å². The first-order valence-corrected chi connectivity index (χ1v) is 7.39. The normalized spacial score (nSPS) is 10.8. The maximum absolute atomic E-state index is 5.87. The summed E-state index contributed by atoms with van der Waals surface area (Å²) >= 11 is 0. The van der Waals surface area contributed by atoms with Gasteiger partial charge < -0.3 is 9.26 Å². The molecule has 1 heterocycles. The molecule has 0 bridgehead atoms. The van der Waals surface area contributed by atoms with Crippen molar-refractivity contribution in [2.45, 2.75) is 6.61 Å². The maximum Gasteiger partial charge on any atom is 0.258 e. The van der Waals surface area contributed by atoms with Crippen LogP contribution in [0.5, 0.6) is 5.75 Å². The van der Waals surface area contributed by atoms with Crippen molar-refractivity contribution in [1.82, 2.24) is 10.1 Å². The minimum atomic E-state index is 0.268. The number of benzene rings is 3. The number of aromatic nitrogens is 2. The third-order valence-corrected chi connectivity index (χ3v) is 3.60. The summed E-state index contributed by atoms with van der Waals surface area (Å²) in [5.74, 6) is 1.84. The van der Waals surface area contributed by atoms with Gasteiger partial charge in [-0.2, -0.15) is 4.98 Å². The quantitative estimate of drug-likeness (QED) is 0.558. The first-order valence-electron chi connectivity index (χ1n) is 7.39. The summed E-state index contributed by atoms with van der Waals surface area (Å²) in [6.45, 7) is 0.268. The maximum atomic E-state index is 5.87. The van der Waals surface area contributed by atoms with Crippen LogP contribution in [0.2, 0.25) is 0 Å². The van der Waals surface area contributed by atoms with Crippen molar-refractivity contribution in [1.29, 1.82) is 0 Å². The van der Waals surface area contributed by atoms with Crippen LogP contribution < -0.4 is 4.74 Å². The van der Waals surface area contributed by atoms with Gasteiger partial charge >= 0.3 is 0 Å². The molecule has 0 spiro atoms. The molecule has 0 saturated carbocycles.